The molecule has 2 N–H and O–H groups in total. The molecule has 2 amide bonds. The summed E-state index contributed by atoms with van der Waals surface area (Å²) in [6, 6.07) is 5.88. The first-order valence-electron chi connectivity index (χ1n) is 14.3. The van der Waals surface area contributed by atoms with Gasteiger partial charge in [0.15, 0.2) is 0 Å². The molecule has 13 heteroatoms. The number of ketones is 1. The molecule has 44 heavy (non-hydrogen) atoms. The molecule has 0 unspecified atom stereocenters. The van der Waals surface area contributed by atoms with E-state index in [-0.39, 0.29) is 46.1 Å². The molecule has 3 aliphatic carbocycles. The van der Waals surface area contributed by atoms with E-state index in [9.17, 15) is 36.0 Å². The van der Waals surface area contributed by atoms with Crippen molar-refractivity contribution in [1.82, 2.24) is 5.32 Å². The molecule has 0 heterocycles. The first kappa shape index (κ1) is 31.7. The normalized spacial score (nSPS) is 24.9. The fraction of sp³-hybridized carbons (Fsp3) is 0.452. The van der Waals surface area contributed by atoms with Gasteiger partial charge in [0.2, 0.25) is 5.91 Å². The Labute approximate surface area is 252 Å². The number of allylic oxidation sites excluding steroid dienone is 2. The average Bonchev–Trinajstić information content (AvgIpc) is 3.58. The van der Waals surface area contributed by atoms with Crippen LogP contribution in [-0.4, -0.2) is 44.7 Å². The van der Waals surface area contributed by atoms with Gasteiger partial charge in [-0.15, -0.1) is 0 Å². The van der Waals surface area contributed by atoms with Crippen LogP contribution >= 0.6 is 0 Å². The monoisotopic (exact) mass is 636 g/mol. The van der Waals surface area contributed by atoms with Crippen LogP contribution in [0, 0.1) is 29.5 Å². The summed E-state index contributed by atoms with van der Waals surface area (Å²) in [6.45, 7) is 1.53. The van der Waals surface area contributed by atoms with Crippen molar-refractivity contribution in [1.29, 1.82) is 0 Å². The van der Waals surface area contributed by atoms with Crippen LogP contribution in [-0.2, 0) is 19.4 Å². The summed E-state index contributed by atoms with van der Waals surface area (Å²) >= 11 is 0. The summed E-state index contributed by atoms with van der Waals surface area (Å²) in [7, 11) is -4.30. The number of benzene rings is 2. The minimum atomic E-state index is -5.61. The molecule has 0 radical (unpaired) electrons. The van der Waals surface area contributed by atoms with Crippen LogP contribution in [0.25, 0.3) is 5.57 Å². The molecule has 5 rings (SSSR count). The van der Waals surface area contributed by atoms with Crippen LogP contribution in [0.3, 0.4) is 0 Å². The summed E-state index contributed by atoms with van der Waals surface area (Å²) in [5.41, 5.74) is -4.63. The highest BCUT2D eigenvalue weighted by atomic mass is 32.2. The molecular weight excluding hydrogens is 604 g/mol. The summed E-state index contributed by atoms with van der Waals surface area (Å²) in [5, 5.41) is 5.48. The lowest BCUT2D eigenvalue weighted by molar-refractivity contribution is -0.122. The number of amides is 2. The Kier molecular flexibility index (Phi) is 8.63. The lowest BCUT2D eigenvalue weighted by Gasteiger charge is -2.31. The van der Waals surface area contributed by atoms with Crippen LogP contribution in [0.4, 0.5) is 23.2 Å². The number of methoxy groups -OCH3 is 1. The number of ether oxygens (including phenoxy) is 1. The molecule has 8 nitrogen and oxygen atoms in total. The smallest absolute Gasteiger partial charge is 0.496 e. The number of rotatable bonds is 8. The van der Waals surface area contributed by atoms with E-state index in [2.05, 4.69) is 10.6 Å². The predicted octanol–water partition coefficient (Wildman–Crippen LogP) is 5.68. The van der Waals surface area contributed by atoms with E-state index in [1.807, 2.05) is 6.08 Å². The van der Waals surface area contributed by atoms with Crippen molar-refractivity contribution in [3.63, 3.8) is 0 Å². The van der Waals surface area contributed by atoms with E-state index >= 15 is 4.39 Å². The van der Waals surface area contributed by atoms with Gasteiger partial charge in [0.05, 0.1) is 23.5 Å². The minimum Gasteiger partial charge on any atom is -0.496 e. The van der Waals surface area contributed by atoms with E-state index < -0.39 is 49.8 Å². The lowest BCUT2D eigenvalue weighted by Crippen LogP contribution is -2.48. The number of Topliss-reactive ketones (excluding diaryl/α,β-unsaturated/α-hetero) is 1. The maximum atomic E-state index is 15.1. The van der Waals surface area contributed by atoms with Crippen molar-refractivity contribution in [2.75, 3.05) is 12.4 Å². The van der Waals surface area contributed by atoms with Crippen LogP contribution in [0.1, 0.15) is 61.4 Å². The van der Waals surface area contributed by atoms with Gasteiger partial charge in [0.25, 0.3) is 15.7 Å². The third kappa shape index (κ3) is 5.98. The van der Waals surface area contributed by atoms with Crippen molar-refractivity contribution in [3.05, 3.63) is 59.4 Å². The topological polar surface area (TPSA) is 119 Å². The van der Waals surface area contributed by atoms with Gasteiger partial charge in [-0.25, -0.2) is 12.8 Å². The number of carbonyl (C=O) groups excluding carboxylic acids is 3. The van der Waals surface area contributed by atoms with Gasteiger partial charge in [0.1, 0.15) is 17.3 Å². The molecule has 5 atom stereocenters. The Morgan fingerprint density at radius 2 is 1.75 bits per heavy atom. The molecule has 2 saturated carbocycles. The zero-order valence-electron chi connectivity index (χ0n) is 24.0. The van der Waals surface area contributed by atoms with Crippen LogP contribution in [0.5, 0.6) is 5.75 Å². The van der Waals surface area contributed by atoms with Crippen molar-refractivity contribution in [2.45, 2.75) is 61.9 Å². The minimum absolute atomic E-state index is 0.00798. The molecule has 0 saturated heterocycles. The number of nitrogens with one attached hydrogen (secondary N) is 2. The molecule has 0 aliphatic heterocycles. The number of hydrogen-bond acceptors (Lipinski definition) is 6. The van der Waals surface area contributed by atoms with Gasteiger partial charge in [-0.2, -0.15) is 13.2 Å². The summed E-state index contributed by atoms with van der Waals surface area (Å²) < 4.78 is 83.3. The van der Waals surface area contributed by atoms with E-state index in [0.29, 0.717) is 31.3 Å². The maximum absolute atomic E-state index is 15.1. The highest BCUT2D eigenvalue weighted by molar-refractivity contribution is 7.92. The van der Waals surface area contributed by atoms with Gasteiger partial charge in [-0.1, -0.05) is 12.1 Å². The van der Waals surface area contributed by atoms with Crippen molar-refractivity contribution in [3.8, 4) is 5.75 Å². The fourth-order valence-electron chi connectivity index (χ4n) is 6.80. The van der Waals surface area contributed by atoms with Crippen LogP contribution in [0.15, 0.2) is 47.4 Å². The number of carbonyl (C=O) groups is 3. The summed E-state index contributed by atoms with van der Waals surface area (Å²) in [6.07, 6.45) is 5.46. The van der Waals surface area contributed by atoms with Crippen molar-refractivity contribution in [2.24, 2.45) is 23.7 Å². The molecule has 2 aromatic rings. The zero-order chi connectivity index (χ0) is 32.0. The molecule has 2 aromatic carbocycles. The first-order chi connectivity index (χ1) is 20.7. The lowest BCUT2D eigenvalue weighted by atomic mass is 9.83. The van der Waals surface area contributed by atoms with E-state index in [4.69, 9.17) is 4.74 Å². The molecule has 3 aliphatic rings. The van der Waals surface area contributed by atoms with Gasteiger partial charge in [-0.05, 0) is 87.1 Å². The third-order valence-electron chi connectivity index (χ3n) is 9.10. The molecule has 2 bridgehead atoms. The van der Waals surface area contributed by atoms with Crippen LogP contribution < -0.4 is 15.4 Å². The number of fused-ring (bicyclic) bond motifs is 2. The van der Waals surface area contributed by atoms with E-state index in [1.165, 1.54) is 26.2 Å². The predicted molar refractivity (Wildman–Crippen MR) is 153 cm³/mol. The number of alkyl halides is 3. The number of halogens is 4. The molecule has 0 spiro atoms. The SMILES string of the molecule is COc1cc(F)c(C2=CC[C@@H](C(C)=O)CC2)cc1C(=O)N[C@@H]1[C@H]2CC[C@H](C2)[C@@H]1C(=O)Nc1cccc(S(=O)(=O)C(F)(F)F)c1. The molecule has 236 valence electrons. The third-order valence-corrected chi connectivity index (χ3v) is 10.6. The van der Waals surface area contributed by atoms with Crippen molar-refractivity contribution < 1.29 is 45.1 Å². The second kappa shape index (κ2) is 12.0. The Hall–Kier alpha value is -3.74. The second-order valence-electron chi connectivity index (χ2n) is 11.7. The van der Waals surface area contributed by atoms with Crippen molar-refractivity contribution >= 4 is 38.7 Å². The van der Waals surface area contributed by atoms with Gasteiger partial charge >= 0.3 is 5.51 Å². The Balaban J connectivity index is 1.37. The quantitative estimate of drug-likeness (QED) is 0.360. The Morgan fingerprint density at radius 3 is 2.39 bits per heavy atom. The second-order valence-corrected chi connectivity index (χ2v) is 13.6. The number of anilines is 1. The first-order valence-corrected chi connectivity index (χ1v) is 15.8. The average molecular weight is 637 g/mol. The highest BCUT2D eigenvalue weighted by Gasteiger charge is 2.52. The van der Waals surface area contributed by atoms with Gasteiger partial charge < -0.3 is 15.4 Å². The molecule has 2 fully saturated rings. The standard InChI is InChI=1S/C31H32F4N2O6S/c1-16(38)17-6-8-18(9-7-17)23-14-24(26(43-2)15-25(23)32)29(39)37-28-20-11-10-19(12-20)27(28)30(40)36-21-4-3-5-22(13-21)44(41,42)31(33,34)35/h3-5,8,13-15,17,19-20,27-28H,6-7,9-12H2,1-2H3,(H,36,40)(H,37,39)/t17-,19-,20+,27+,28-/m1/s1. The van der Waals surface area contributed by atoms with E-state index in [1.54, 1.807) is 0 Å². The van der Waals surface area contributed by atoms with Gasteiger partial charge in [0, 0.05) is 29.3 Å². The number of sulfone groups is 1. The Morgan fingerprint density at radius 1 is 1.02 bits per heavy atom. The fourth-order valence-corrected chi connectivity index (χ4v) is 7.61. The summed E-state index contributed by atoms with van der Waals surface area (Å²) in [4.78, 5) is 37.9. The highest BCUT2D eigenvalue weighted by Crippen LogP contribution is 2.49. The summed E-state index contributed by atoms with van der Waals surface area (Å²) in [5.74, 6) is -2.61. The molecular formula is C31H32F4N2O6S. The largest absolute Gasteiger partial charge is 0.501 e. The Bertz CT molecular complexity index is 1640. The zero-order valence-corrected chi connectivity index (χ0v) is 24.9. The van der Waals surface area contributed by atoms with Gasteiger partial charge in [-0.3, -0.25) is 14.4 Å². The van der Waals surface area contributed by atoms with E-state index in [0.717, 1.165) is 37.1 Å². The van der Waals surface area contributed by atoms with Crippen LogP contribution in [0.2, 0.25) is 0 Å². The number of hydrogen-bond donors (Lipinski definition) is 2. The maximum Gasteiger partial charge on any atom is 0.501 e. The molecule has 0 aromatic heterocycles.